The van der Waals surface area contributed by atoms with Gasteiger partial charge in [-0.2, -0.15) is 0 Å². The van der Waals surface area contributed by atoms with E-state index in [0.29, 0.717) is 54.6 Å². The highest BCUT2D eigenvalue weighted by Gasteiger charge is 2.38. The number of halogens is 2. The van der Waals surface area contributed by atoms with Crippen LogP contribution in [0, 0.1) is 5.82 Å². The Balaban J connectivity index is 1.58. The maximum Gasteiger partial charge on any atom is 0.338 e. The van der Waals surface area contributed by atoms with Crippen LogP contribution < -0.4 is 5.32 Å². The number of hydrogen-bond acceptors (Lipinski definition) is 5. The van der Waals surface area contributed by atoms with Gasteiger partial charge in [0.25, 0.3) is 5.91 Å². The van der Waals surface area contributed by atoms with Crippen LogP contribution in [0.25, 0.3) is 0 Å². The van der Waals surface area contributed by atoms with E-state index < -0.39 is 17.8 Å². The molecule has 8 nitrogen and oxygen atoms in total. The minimum absolute atomic E-state index is 0.0459. The molecule has 3 amide bonds. The van der Waals surface area contributed by atoms with E-state index in [4.69, 9.17) is 16.3 Å². The quantitative estimate of drug-likeness (QED) is 0.597. The number of rotatable bonds is 6. The predicted molar refractivity (Wildman–Crippen MR) is 133 cm³/mol. The third-order valence-electron chi connectivity index (χ3n) is 6.43. The zero-order valence-electron chi connectivity index (χ0n) is 20.2. The number of hydrogen-bond donors (Lipinski definition) is 1. The normalized spacial score (nSPS) is 18.8. The van der Waals surface area contributed by atoms with Gasteiger partial charge in [-0.05, 0) is 30.7 Å². The number of piperazine rings is 1. The predicted octanol–water partition coefficient (Wildman–Crippen LogP) is 3.45. The minimum atomic E-state index is -0.764. The van der Waals surface area contributed by atoms with Crippen LogP contribution >= 0.6 is 11.6 Å². The number of likely N-dealkylation sites (N-methyl/N-ethyl adjacent to an activating group) is 1. The molecule has 1 N–H and O–H groups in total. The van der Waals surface area contributed by atoms with E-state index in [9.17, 15) is 18.8 Å². The summed E-state index contributed by atoms with van der Waals surface area (Å²) in [5, 5.41) is 3.29. The molecule has 1 fully saturated rings. The molecule has 2 aromatic carbocycles. The maximum atomic E-state index is 14.1. The van der Waals surface area contributed by atoms with Gasteiger partial charge >= 0.3 is 12.0 Å². The third kappa shape index (κ3) is 5.22. The van der Waals surface area contributed by atoms with Crippen molar-refractivity contribution in [1.29, 1.82) is 0 Å². The van der Waals surface area contributed by atoms with Crippen LogP contribution in [0.1, 0.15) is 28.9 Å². The van der Waals surface area contributed by atoms with Gasteiger partial charge in [-0.15, -0.1) is 0 Å². The van der Waals surface area contributed by atoms with Gasteiger partial charge in [0, 0.05) is 50.5 Å². The zero-order chi connectivity index (χ0) is 25.8. The lowest BCUT2D eigenvalue weighted by Crippen LogP contribution is -2.53. The van der Waals surface area contributed by atoms with Gasteiger partial charge in [0.05, 0.1) is 23.8 Å². The Hall–Kier alpha value is -3.43. The second kappa shape index (κ2) is 11.1. The number of nitrogens with one attached hydrogen (secondary N) is 1. The summed E-state index contributed by atoms with van der Waals surface area (Å²) >= 11 is 6.42. The van der Waals surface area contributed by atoms with Crippen LogP contribution in [0.15, 0.2) is 59.8 Å². The Morgan fingerprint density at radius 1 is 1.08 bits per heavy atom. The second-order valence-corrected chi connectivity index (χ2v) is 9.00. The van der Waals surface area contributed by atoms with Gasteiger partial charge in [-0.3, -0.25) is 14.6 Å². The van der Waals surface area contributed by atoms with Crippen molar-refractivity contribution in [2.45, 2.75) is 13.0 Å². The van der Waals surface area contributed by atoms with E-state index in [2.05, 4.69) is 10.2 Å². The smallest absolute Gasteiger partial charge is 0.338 e. The molecule has 0 aliphatic carbocycles. The van der Waals surface area contributed by atoms with Crippen molar-refractivity contribution in [3.63, 3.8) is 0 Å². The molecular formula is C26H28ClFN4O4. The molecule has 0 unspecified atom stereocenters. The highest BCUT2D eigenvalue weighted by molar-refractivity contribution is 6.31. The molecule has 2 heterocycles. The number of carbonyl (C=O) groups is 3. The SMILES string of the molecule is CCOC(=O)C1=C(CN2CCN(C(=O)c3ccccc3F)CC2)N(C)C(=O)N[C@H]1c1ccccc1Cl. The minimum Gasteiger partial charge on any atom is -0.463 e. The van der Waals surface area contributed by atoms with Crippen molar-refractivity contribution in [3.8, 4) is 0 Å². The molecule has 0 saturated carbocycles. The summed E-state index contributed by atoms with van der Waals surface area (Å²) in [6.45, 7) is 3.95. The van der Waals surface area contributed by atoms with E-state index in [1.54, 1.807) is 55.3 Å². The molecule has 36 heavy (non-hydrogen) atoms. The molecule has 0 bridgehead atoms. The van der Waals surface area contributed by atoms with Gasteiger partial charge in [-0.25, -0.2) is 14.0 Å². The fourth-order valence-electron chi connectivity index (χ4n) is 4.47. The number of esters is 1. The highest BCUT2D eigenvalue weighted by atomic mass is 35.5. The van der Waals surface area contributed by atoms with Crippen LogP contribution in [0.2, 0.25) is 5.02 Å². The Morgan fingerprint density at radius 3 is 2.42 bits per heavy atom. The van der Waals surface area contributed by atoms with E-state index >= 15 is 0 Å². The molecule has 1 saturated heterocycles. The second-order valence-electron chi connectivity index (χ2n) is 8.59. The molecule has 1 atom stereocenters. The summed E-state index contributed by atoms with van der Waals surface area (Å²) in [6, 6.07) is 11.8. The van der Waals surface area contributed by atoms with Gasteiger partial charge in [0.15, 0.2) is 0 Å². The molecule has 190 valence electrons. The van der Waals surface area contributed by atoms with Crippen LogP contribution in [0.4, 0.5) is 9.18 Å². The number of urea groups is 1. The van der Waals surface area contributed by atoms with Crippen molar-refractivity contribution < 1.29 is 23.5 Å². The lowest BCUT2D eigenvalue weighted by molar-refractivity contribution is -0.139. The lowest BCUT2D eigenvalue weighted by Gasteiger charge is -2.39. The van der Waals surface area contributed by atoms with Gasteiger partial charge in [-0.1, -0.05) is 41.9 Å². The zero-order valence-corrected chi connectivity index (χ0v) is 20.9. The topological polar surface area (TPSA) is 82.2 Å². The Morgan fingerprint density at radius 2 is 1.75 bits per heavy atom. The molecular weight excluding hydrogens is 487 g/mol. The average Bonchev–Trinajstić information content (AvgIpc) is 2.87. The molecule has 0 radical (unpaired) electrons. The fraction of sp³-hybridized carbons (Fsp3) is 0.346. The molecule has 0 aromatic heterocycles. The van der Waals surface area contributed by atoms with Crippen molar-refractivity contribution in [3.05, 3.63) is 81.8 Å². The van der Waals surface area contributed by atoms with Crippen molar-refractivity contribution in [2.24, 2.45) is 0 Å². The molecule has 2 aromatic rings. The highest BCUT2D eigenvalue weighted by Crippen LogP contribution is 2.34. The number of ether oxygens (including phenoxy) is 1. The Kier molecular flexibility index (Phi) is 7.91. The molecule has 4 rings (SSSR count). The fourth-order valence-corrected chi connectivity index (χ4v) is 4.71. The van der Waals surface area contributed by atoms with Crippen molar-refractivity contribution in [1.82, 2.24) is 20.0 Å². The van der Waals surface area contributed by atoms with E-state index in [1.165, 1.54) is 17.0 Å². The van der Waals surface area contributed by atoms with Crippen LogP contribution in [0.5, 0.6) is 0 Å². The number of carbonyl (C=O) groups excluding carboxylic acids is 3. The number of nitrogens with zero attached hydrogens (tertiary/aromatic N) is 3. The third-order valence-corrected chi connectivity index (χ3v) is 6.77. The van der Waals surface area contributed by atoms with Crippen LogP contribution in [0.3, 0.4) is 0 Å². The Labute approximate surface area is 214 Å². The first-order chi connectivity index (χ1) is 17.3. The molecule has 10 heteroatoms. The molecule has 2 aliphatic heterocycles. The first kappa shape index (κ1) is 25.7. The van der Waals surface area contributed by atoms with Gasteiger partial charge < -0.3 is 15.0 Å². The lowest BCUT2D eigenvalue weighted by atomic mass is 9.94. The van der Waals surface area contributed by atoms with Crippen molar-refractivity contribution in [2.75, 3.05) is 46.4 Å². The monoisotopic (exact) mass is 514 g/mol. The largest absolute Gasteiger partial charge is 0.463 e. The van der Waals surface area contributed by atoms with Gasteiger partial charge in [0.2, 0.25) is 0 Å². The number of amides is 3. The first-order valence-corrected chi connectivity index (χ1v) is 12.1. The summed E-state index contributed by atoms with van der Waals surface area (Å²) in [5.41, 5.74) is 1.47. The molecule has 2 aliphatic rings. The van der Waals surface area contributed by atoms with Gasteiger partial charge in [0.1, 0.15) is 5.82 Å². The first-order valence-electron chi connectivity index (χ1n) is 11.8. The average molecular weight is 515 g/mol. The van der Waals surface area contributed by atoms with E-state index in [0.717, 1.165) is 0 Å². The summed E-state index contributed by atoms with van der Waals surface area (Å²) in [5.74, 6) is -1.43. The standard InChI is InChI=1S/C26H28ClFN4O4/c1-3-36-25(34)22-21(30(2)26(35)29-23(22)17-8-4-6-10-19(17)27)16-31-12-14-32(15-13-31)24(33)18-9-5-7-11-20(18)28/h4-11,23H,3,12-16H2,1-2H3,(H,29,35)/t23-/m0/s1. The van der Waals surface area contributed by atoms with E-state index in [-0.39, 0.29) is 24.1 Å². The summed E-state index contributed by atoms with van der Waals surface area (Å²) in [6.07, 6.45) is 0. The summed E-state index contributed by atoms with van der Waals surface area (Å²) in [7, 11) is 1.60. The van der Waals surface area contributed by atoms with E-state index in [1.807, 2.05) is 0 Å². The summed E-state index contributed by atoms with van der Waals surface area (Å²) in [4.78, 5) is 43.9. The van der Waals surface area contributed by atoms with Crippen LogP contribution in [-0.4, -0.2) is 79.0 Å². The van der Waals surface area contributed by atoms with Crippen molar-refractivity contribution >= 4 is 29.5 Å². The molecule has 0 spiro atoms. The Bertz CT molecular complexity index is 1200. The summed E-state index contributed by atoms with van der Waals surface area (Å²) < 4.78 is 19.4. The maximum absolute atomic E-state index is 14.1. The van der Waals surface area contributed by atoms with Crippen LogP contribution in [-0.2, 0) is 9.53 Å². The number of benzene rings is 2.